The van der Waals surface area contributed by atoms with Crippen molar-refractivity contribution in [2.45, 2.75) is 25.4 Å². The molecular weight excluding hydrogens is 326 g/mol. The average molecular weight is 349 g/mol. The van der Waals surface area contributed by atoms with Gasteiger partial charge in [0.2, 0.25) is 0 Å². The Morgan fingerprint density at radius 3 is 2.75 bits per heavy atom. The number of nitrogens with zero attached hydrogens (tertiary/aromatic N) is 3. The summed E-state index contributed by atoms with van der Waals surface area (Å²) in [5.41, 5.74) is -0.0457. The summed E-state index contributed by atoms with van der Waals surface area (Å²) in [7, 11) is 0.673. The van der Waals surface area contributed by atoms with Crippen molar-refractivity contribution in [3.05, 3.63) is 24.5 Å². The summed E-state index contributed by atoms with van der Waals surface area (Å²) in [4.78, 5) is 10.9. The topological polar surface area (TPSA) is 75.5 Å². The molecule has 0 radical (unpaired) electrons. The van der Waals surface area contributed by atoms with E-state index in [1.54, 1.807) is 13.4 Å². The Kier molecular flexibility index (Phi) is 5.01. The van der Waals surface area contributed by atoms with E-state index in [0.29, 0.717) is 37.4 Å². The zero-order valence-electron chi connectivity index (χ0n) is 14.1. The summed E-state index contributed by atoms with van der Waals surface area (Å²) in [6.45, 7) is 3.25. The number of benzene rings is 1. The van der Waals surface area contributed by atoms with Gasteiger partial charge in [-0.1, -0.05) is 13.0 Å². The predicted molar refractivity (Wildman–Crippen MR) is 96.0 cm³/mol. The summed E-state index contributed by atoms with van der Waals surface area (Å²) >= 11 is 0. The van der Waals surface area contributed by atoms with Crippen molar-refractivity contribution in [1.29, 1.82) is 0 Å². The molecule has 1 aliphatic heterocycles. The molecule has 0 spiro atoms. The Bertz CT molecular complexity index is 745. The predicted octanol–water partition coefficient (Wildman–Crippen LogP) is 1.74. The number of para-hydroxylation sites is 1. The third kappa shape index (κ3) is 3.37. The van der Waals surface area contributed by atoms with Crippen molar-refractivity contribution in [1.82, 2.24) is 9.97 Å². The van der Waals surface area contributed by atoms with Crippen LogP contribution in [0.4, 0.5) is 5.82 Å². The molecule has 1 N–H and O–H groups in total. The van der Waals surface area contributed by atoms with Crippen LogP contribution in [0.3, 0.4) is 0 Å². The summed E-state index contributed by atoms with van der Waals surface area (Å²) in [6, 6.07) is 5.80. The molecule has 0 bridgehead atoms. The molecule has 1 fully saturated rings. The van der Waals surface area contributed by atoms with Crippen LogP contribution in [0.1, 0.15) is 19.8 Å². The minimum absolute atomic E-state index is 0.357. The number of aliphatic hydroxyl groups is 1. The lowest BCUT2D eigenvalue weighted by Crippen LogP contribution is -2.48. The molecule has 24 heavy (non-hydrogen) atoms. The van der Waals surface area contributed by atoms with Gasteiger partial charge in [-0.15, -0.1) is 0 Å². The van der Waals surface area contributed by atoms with E-state index in [0.717, 1.165) is 22.5 Å². The third-order valence-corrected chi connectivity index (χ3v) is 6.08. The van der Waals surface area contributed by atoms with Crippen molar-refractivity contribution >= 4 is 27.5 Å². The van der Waals surface area contributed by atoms with Gasteiger partial charge in [0.15, 0.2) is 0 Å². The lowest BCUT2D eigenvalue weighted by Gasteiger charge is -2.38. The van der Waals surface area contributed by atoms with Crippen LogP contribution in [0.5, 0.6) is 5.75 Å². The van der Waals surface area contributed by atoms with Gasteiger partial charge in [-0.25, -0.2) is 9.97 Å². The summed E-state index contributed by atoms with van der Waals surface area (Å²) in [6.07, 6.45) is 2.73. The highest BCUT2D eigenvalue weighted by Gasteiger charge is 2.34. The number of hydrogen-bond donors (Lipinski definition) is 1. The number of rotatable bonds is 5. The molecule has 130 valence electrons. The lowest BCUT2D eigenvalue weighted by atomic mass is 9.93. The summed E-state index contributed by atoms with van der Waals surface area (Å²) < 4.78 is 17.2. The first-order chi connectivity index (χ1) is 11.6. The molecule has 1 aliphatic rings. The van der Waals surface area contributed by atoms with Crippen LogP contribution < -0.4 is 9.64 Å². The van der Waals surface area contributed by atoms with Gasteiger partial charge in [0, 0.05) is 35.0 Å². The molecule has 1 aromatic carbocycles. The molecule has 2 aromatic rings. The van der Waals surface area contributed by atoms with E-state index in [9.17, 15) is 9.32 Å². The van der Waals surface area contributed by atoms with Crippen LogP contribution in [0, 0.1) is 0 Å². The molecular formula is C17H23N3O3S. The fourth-order valence-electron chi connectivity index (χ4n) is 3.14. The van der Waals surface area contributed by atoms with Gasteiger partial charge in [-0.3, -0.25) is 4.21 Å². The highest BCUT2D eigenvalue weighted by atomic mass is 32.2. The second-order valence-corrected chi connectivity index (χ2v) is 7.88. The molecule has 1 saturated heterocycles. The van der Waals surface area contributed by atoms with E-state index in [1.807, 2.05) is 25.1 Å². The minimum atomic E-state index is -0.957. The van der Waals surface area contributed by atoms with Crippen LogP contribution in [0.2, 0.25) is 0 Å². The van der Waals surface area contributed by atoms with Gasteiger partial charge >= 0.3 is 0 Å². The van der Waals surface area contributed by atoms with Gasteiger partial charge < -0.3 is 14.7 Å². The Labute approximate surface area is 144 Å². The molecule has 1 aromatic heterocycles. The van der Waals surface area contributed by atoms with Gasteiger partial charge in [0.25, 0.3) is 0 Å². The van der Waals surface area contributed by atoms with Crippen molar-refractivity contribution in [3.63, 3.8) is 0 Å². The smallest absolute Gasteiger partial charge is 0.145 e. The number of anilines is 1. The highest BCUT2D eigenvalue weighted by molar-refractivity contribution is 7.85. The maximum Gasteiger partial charge on any atom is 0.145 e. The molecule has 1 atom stereocenters. The van der Waals surface area contributed by atoms with Crippen molar-refractivity contribution in [3.8, 4) is 5.75 Å². The molecule has 0 saturated carbocycles. The van der Waals surface area contributed by atoms with Crippen LogP contribution in [0.25, 0.3) is 10.9 Å². The van der Waals surface area contributed by atoms with E-state index in [-0.39, 0.29) is 0 Å². The second-order valence-electron chi connectivity index (χ2n) is 6.14. The maximum atomic E-state index is 11.8. The largest absolute Gasteiger partial charge is 0.494 e. The first-order valence-corrected chi connectivity index (χ1v) is 9.65. The molecule has 0 aliphatic carbocycles. The second kappa shape index (κ2) is 7.03. The molecule has 0 amide bonds. The first-order valence-electron chi connectivity index (χ1n) is 8.16. The number of piperidine rings is 1. The number of ether oxygens (including phenoxy) is 1. The molecule has 3 rings (SSSR count). The van der Waals surface area contributed by atoms with Gasteiger partial charge in [0.1, 0.15) is 23.4 Å². The number of hydrogen-bond acceptors (Lipinski definition) is 6. The van der Waals surface area contributed by atoms with Crippen LogP contribution >= 0.6 is 0 Å². The van der Waals surface area contributed by atoms with Gasteiger partial charge in [0.05, 0.1) is 18.5 Å². The van der Waals surface area contributed by atoms with E-state index >= 15 is 0 Å². The Morgan fingerprint density at radius 2 is 2.08 bits per heavy atom. The lowest BCUT2D eigenvalue weighted by molar-refractivity contribution is 0.0391. The average Bonchev–Trinajstić information content (AvgIpc) is 2.61. The first kappa shape index (κ1) is 17.1. The molecule has 1 unspecified atom stereocenters. The van der Waals surface area contributed by atoms with Crippen LogP contribution in [-0.2, 0) is 10.8 Å². The zero-order chi connectivity index (χ0) is 17.2. The van der Waals surface area contributed by atoms with E-state index in [1.165, 1.54) is 0 Å². The fourth-order valence-corrected chi connectivity index (χ4v) is 4.24. The van der Waals surface area contributed by atoms with Crippen molar-refractivity contribution < 1.29 is 14.1 Å². The number of aromatic nitrogens is 2. The molecule has 6 nitrogen and oxygen atoms in total. The standard InChI is InChI=1S/C17H23N3O3S/c1-3-24(22)11-17(21)7-9-20(10-8-17)16-13-5-4-6-14(23-2)15(13)18-12-19-16/h4-6,12,21H,3,7-11H2,1-2H3. The monoisotopic (exact) mass is 349 g/mol. The van der Waals surface area contributed by atoms with E-state index < -0.39 is 16.4 Å². The Morgan fingerprint density at radius 1 is 1.33 bits per heavy atom. The van der Waals surface area contributed by atoms with Crippen LogP contribution in [0.15, 0.2) is 24.5 Å². The number of fused-ring (bicyclic) bond motifs is 1. The quantitative estimate of drug-likeness (QED) is 0.886. The van der Waals surface area contributed by atoms with E-state index in [4.69, 9.17) is 4.74 Å². The Hall–Kier alpha value is -1.73. The van der Waals surface area contributed by atoms with E-state index in [2.05, 4.69) is 14.9 Å². The van der Waals surface area contributed by atoms with Crippen LogP contribution in [-0.4, -0.2) is 56.6 Å². The molecule has 7 heteroatoms. The Balaban J connectivity index is 1.82. The third-order valence-electron chi connectivity index (χ3n) is 4.57. The van der Waals surface area contributed by atoms with Gasteiger partial charge in [-0.05, 0) is 25.0 Å². The van der Waals surface area contributed by atoms with Gasteiger partial charge in [-0.2, -0.15) is 0 Å². The van der Waals surface area contributed by atoms with Crippen molar-refractivity contribution in [2.24, 2.45) is 0 Å². The SMILES string of the molecule is CCS(=O)CC1(O)CCN(c2ncnc3c(OC)cccc23)CC1. The summed E-state index contributed by atoms with van der Waals surface area (Å²) in [5.74, 6) is 2.53. The minimum Gasteiger partial charge on any atom is -0.494 e. The summed E-state index contributed by atoms with van der Waals surface area (Å²) in [5, 5.41) is 11.6. The zero-order valence-corrected chi connectivity index (χ0v) is 14.9. The maximum absolute atomic E-state index is 11.8. The molecule has 2 heterocycles. The highest BCUT2D eigenvalue weighted by Crippen LogP contribution is 2.32. The fraction of sp³-hybridized carbons (Fsp3) is 0.529. The van der Waals surface area contributed by atoms with Crippen molar-refractivity contribution in [2.75, 3.05) is 36.6 Å². The number of methoxy groups -OCH3 is 1. The normalized spacial score (nSPS) is 18.5.